The van der Waals surface area contributed by atoms with E-state index in [9.17, 15) is 20.1 Å². The molecule has 2 aromatic rings. The molecule has 1 saturated heterocycles. The molecule has 148 valence electrons. The summed E-state index contributed by atoms with van der Waals surface area (Å²) in [5.74, 6) is 0.372. The summed E-state index contributed by atoms with van der Waals surface area (Å²) in [4.78, 5) is 13.7. The molecule has 4 atom stereocenters. The number of rotatable bonds is 5. The van der Waals surface area contributed by atoms with Gasteiger partial charge in [-0.3, -0.25) is 10.2 Å². The Labute approximate surface area is 161 Å². The van der Waals surface area contributed by atoms with Crippen molar-refractivity contribution in [3.63, 3.8) is 0 Å². The van der Waals surface area contributed by atoms with Crippen LogP contribution in [0.5, 0.6) is 0 Å². The third-order valence-electron chi connectivity index (χ3n) is 5.09. The number of hydrogen-bond donors (Lipinski definition) is 4. The molecule has 2 aliphatic rings. The molecule has 0 bridgehead atoms. The third-order valence-corrected chi connectivity index (χ3v) is 5.09. The first-order chi connectivity index (χ1) is 13.6. The van der Waals surface area contributed by atoms with Crippen LogP contribution >= 0.6 is 0 Å². The second kappa shape index (κ2) is 7.80. The molecule has 0 spiro atoms. The third kappa shape index (κ3) is 3.57. The van der Waals surface area contributed by atoms with Crippen molar-refractivity contribution < 1.29 is 24.9 Å². The first-order valence-corrected chi connectivity index (χ1v) is 9.16. The van der Waals surface area contributed by atoms with Crippen molar-refractivity contribution in [2.45, 2.75) is 43.9 Å². The Bertz CT molecular complexity index is 849. The van der Waals surface area contributed by atoms with Gasteiger partial charge in [0.1, 0.15) is 18.3 Å². The zero-order chi connectivity index (χ0) is 19.7. The van der Waals surface area contributed by atoms with Crippen LogP contribution < -0.4 is 5.32 Å². The predicted molar refractivity (Wildman–Crippen MR) is 98.2 cm³/mol. The maximum Gasteiger partial charge on any atom is 0.325 e. The zero-order valence-electron chi connectivity index (χ0n) is 15.1. The molecular formula is C19H22N4O5. The van der Waals surface area contributed by atoms with Crippen LogP contribution in [0, 0.1) is 0 Å². The Balaban J connectivity index is 1.49. The molecule has 0 aliphatic carbocycles. The first-order valence-electron chi connectivity index (χ1n) is 9.16. The highest BCUT2D eigenvalue weighted by Gasteiger charge is 2.47. The van der Waals surface area contributed by atoms with Crippen molar-refractivity contribution in [3.8, 4) is 0 Å². The van der Waals surface area contributed by atoms with Gasteiger partial charge in [0.05, 0.1) is 18.8 Å². The Morgan fingerprint density at radius 1 is 1.14 bits per heavy atom. The van der Waals surface area contributed by atoms with Crippen LogP contribution in [0.15, 0.2) is 36.4 Å². The van der Waals surface area contributed by atoms with Crippen LogP contribution in [0.4, 0.5) is 10.6 Å². The van der Waals surface area contributed by atoms with Crippen molar-refractivity contribution in [1.29, 1.82) is 0 Å². The lowest BCUT2D eigenvalue weighted by Crippen LogP contribution is -2.50. The summed E-state index contributed by atoms with van der Waals surface area (Å²) in [6.45, 7) is -0.294. The number of aliphatic hydroxyl groups excluding tert-OH is 3. The topological polar surface area (TPSA) is 128 Å². The molecule has 4 N–H and O–H groups in total. The van der Waals surface area contributed by atoms with Gasteiger partial charge >= 0.3 is 6.03 Å². The molecule has 4 rings (SSSR count). The number of fused-ring (bicyclic) bond motifs is 1. The minimum atomic E-state index is -1.31. The van der Waals surface area contributed by atoms with Crippen LogP contribution in [0.3, 0.4) is 0 Å². The van der Waals surface area contributed by atoms with E-state index < -0.39 is 37.2 Å². The average molecular weight is 386 g/mol. The number of aryl methyl sites for hydroxylation is 2. The number of anilines is 1. The second-order valence-corrected chi connectivity index (χ2v) is 6.98. The summed E-state index contributed by atoms with van der Waals surface area (Å²) in [5, 5.41) is 40.3. The number of hydrogen-bond acceptors (Lipinski definition) is 7. The van der Waals surface area contributed by atoms with Gasteiger partial charge in [0.25, 0.3) is 0 Å². The fourth-order valence-corrected chi connectivity index (χ4v) is 3.51. The first kappa shape index (κ1) is 18.8. The van der Waals surface area contributed by atoms with E-state index in [1.54, 1.807) is 0 Å². The quantitative estimate of drug-likeness (QED) is 0.572. The van der Waals surface area contributed by atoms with E-state index in [2.05, 4.69) is 27.6 Å². The number of ether oxygens (including phenoxy) is 1. The number of carbonyl (C=O) groups excluding carboxylic acids is 1. The molecular weight excluding hydrogens is 364 g/mol. The summed E-state index contributed by atoms with van der Waals surface area (Å²) < 4.78 is 5.47. The molecule has 0 radical (unpaired) electrons. The summed E-state index contributed by atoms with van der Waals surface area (Å²) in [7, 11) is 0. The largest absolute Gasteiger partial charge is 0.394 e. The molecule has 0 unspecified atom stereocenters. The van der Waals surface area contributed by atoms with Crippen molar-refractivity contribution in [2.24, 2.45) is 0 Å². The van der Waals surface area contributed by atoms with E-state index in [1.165, 1.54) is 10.5 Å². The van der Waals surface area contributed by atoms with E-state index >= 15 is 0 Å². The van der Waals surface area contributed by atoms with Crippen LogP contribution in [-0.4, -0.2) is 67.6 Å². The Morgan fingerprint density at radius 2 is 1.93 bits per heavy atom. The van der Waals surface area contributed by atoms with Crippen molar-refractivity contribution in [1.82, 2.24) is 15.1 Å². The van der Waals surface area contributed by atoms with E-state index in [1.807, 2.05) is 24.3 Å². The van der Waals surface area contributed by atoms with E-state index in [0.29, 0.717) is 12.2 Å². The number of nitrogens with zero attached hydrogens (tertiary/aromatic N) is 3. The van der Waals surface area contributed by atoms with E-state index in [0.717, 1.165) is 17.7 Å². The summed E-state index contributed by atoms with van der Waals surface area (Å²) >= 11 is 0. The van der Waals surface area contributed by atoms with Crippen LogP contribution in [0.2, 0.25) is 0 Å². The minimum absolute atomic E-state index is 0.154. The van der Waals surface area contributed by atoms with E-state index in [-0.39, 0.29) is 6.54 Å². The monoisotopic (exact) mass is 386 g/mol. The van der Waals surface area contributed by atoms with Gasteiger partial charge in [-0.2, -0.15) is 5.10 Å². The fourth-order valence-electron chi connectivity index (χ4n) is 3.51. The highest BCUT2D eigenvalue weighted by atomic mass is 16.6. The second-order valence-electron chi connectivity index (χ2n) is 6.98. The predicted octanol–water partition coefficient (Wildman–Crippen LogP) is 0.0483. The van der Waals surface area contributed by atoms with Gasteiger partial charge in [-0.15, -0.1) is 5.10 Å². The lowest BCUT2D eigenvalue weighted by molar-refractivity contribution is -0.0809. The number of amides is 2. The van der Waals surface area contributed by atoms with Crippen molar-refractivity contribution in [3.05, 3.63) is 53.2 Å². The molecule has 1 fully saturated rings. The molecule has 28 heavy (non-hydrogen) atoms. The number of carbonyl (C=O) groups is 1. The molecule has 1 aromatic carbocycles. The number of benzene rings is 1. The van der Waals surface area contributed by atoms with Crippen LogP contribution in [-0.2, 0) is 24.1 Å². The zero-order valence-corrected chi connectivity index (χ0v) is 15.1. The van der Waals surface area contributed by atoms with Gasteiger partial charge in [-0.05, 0) is 24.5 Å². The fraction of sp³-hybridized carbons (Fsp3) is 0.421. The lowest BCUT2D eigenvalue weighted by Gasteiger charge is -2.34. The van der Waals surface area contributed by atoms with Gasteiger partial charge in [0, 0.05) is 5.56 Å². The molecule has 2 aliphatic heterocycles. The van der Waals surface area contributed by atoms with Gasteiger partial charge in [0.2, 0.25) is 0 Å². The average Bonchev–Trinajstić information content (AvgIpc) is 3.01. The number of urea groups is 1. The Morgan fingerprint density at radius 3 is 2.64 bits per heavy atom. The molecule has 0 saturated carbocycles. The summed E-state index contributed by atoms with van der Waals surface area (Å²) in [6.07, 6.45) is -3.05. The molecule has 2 amide bonds. The normalized spacial score (nSPS) is 26.8. The summed E-state index contributed by atoms with van der Waals surface area (Å²) in [5.41, 5.74) is 2.73. The maximum atomic E-state index is 12.4. The highest BCUT2D eigenvalue weighted by Crippen LogP contribution is 2.29. The van der Waals surface area contributed by atoms with Gasteiger partial charge < -0.3 is 20.1 Å². The minimum Gasteiger partial charge on any atom is -0.394 e. The SMILES string of the molecule is O=C1Nc2nnc(CCc3ccccc3)cc2CN1[C@@H]1O[C@H](CO)[C@@H](O)[C@H]1O. The van der Waals surface area contributed by atoms with Gasteiger partial charge in [0.15, 0.2) is 12.0 Å². The number of aliphatic hydroxyl groups is 3. The Hall–Kier alpha value is -2.59. The molecule has 9 heteroatoms. The van der Waals surface area contributed by atoms with Crippen molar-refractivity contribution in [2.75, 3.05) is 11.9 Å². The standard InChI is InChI=1S/C19H22N4O5/c24-10-14-15(25)16(26)18(28-14)23-9-12-8-13(21-22-17(12)20-19(23)27)7-6-11-4-2-1-3-5-11/h1-5,8,14-16,18,24-26H,6-7,9-10H2,(H,20,22,27)/t14-,15-,16-,18-/m1/s1. The summed E-state index contributed by atoms with van der Waals surface area (Å²) in [6, 6.07) is 11.4. The smallest absolute Gasteiger partial charge is 0.325 e. The van der Waals surface area contributed by atoms with Gasteiger partial charge in [-0.1, -0.05) is 30.3 Å². The number of aromatic nitrogens is 2. The maximum absolute atomic E-state index is 12.4. The van der Waals surface area contributed by atoms with Crippen LogP contribution in [0.1, 0.15) is 16.8 Å². The molecule has 1 aromatic heterocycles. The molecule has 9 nitrogen and oxygen atoms in total. The molecule has 3 heterocycles. The van der Waals surface area contributed by atoms with Crippen molar-refractivity contribution >= 4 is 11.8 Å². The number of nitrogens with one attached hydrogen (secondary N) is 1. The highest BCUT2D eigenvalue weighted by molar-refractivity contribution is 5.91. The Kier molecular flexibility index (Phi) is 5.23. The van der Waals surface area contributed by atoms with E-state index in [4.69, 9.17) is 4.74 Å². The van der Waals surface area contributed by atoms with Gasteiger partial charge in [-0.25, -0.2) is 4.79 Å². The van der Waals surface area contributed by atoms with Crippen LogP contribution in [0.25, 0.3) is 0 Å². The lowest BCUT2D eigenvalue weighted by atomic mass is 10.1.